The molecule has 0 aromatic carbocycles. The smallest absolute Gasteiger partial charge is 0.319 e. The number of carbonyl (C=O) groups excluding carboxylic acids is 1. The van der Waals surface area contributed by atoms with Gasteiger partial charge < -0.3 is 10.4 Å². The fraction of sp³-hybridized carbons (Fsp3) is 0.667. The molecular weight excluding hydrogens is 206 g/mol. The molecular formula is C12H17NO3. The van der Waals surface area contributed by atoms with Crippen LogP contribution in [0.1, 0.15) is 39.0 Å². The van der Waals surface area contributed by atoms with Crippen molar-refractivity contribution in [2.24, 2.45) is 5.41 Å². The van der Waals surface area contributed by atoms with E-state index in [1.165, 1.54) is 0 Å². The zero-order valence-electron chi connectivity index (χ0n) is 9.45. The molecule has 1 aliphatic rings. The number of hydrogen-bond acceptors (Lipinski definition) is 2. The van der Waals surface area contributed by atoms with Gasteiger partial charge in [0.05, 0.1) is 6.04 Å². The summed E-state index contributed by atoms with van der Waals surface area (Å²) in [5.41, 5.74) is -1.22. The van der Waals surface area contributed by atoms with Crippen LogP contribution in [-0.4, -0.2) is 23.0 Å². The Kier molecular flexibility index (Phi) is 3.94. The second-order valence-electron chi connectivity index (χ2n) is 4.22. The van der Waals surface area contributed by atoms with Gasteiger partial charge in [0, 0.05) is 0 Å². The summed E-state index contributed by atoms with van der Waals surface area (Å²) < 4.78 is 0. The van der Waals surface area contributed by atoms with Gasteiger partial charge in [0.2, 0.25) is 5.91 Å². The highest BCUT2D eigenvalue weighted by Crippen LogP contribution is 2.41. The van der Waals surface area contributed by atoms with Crippen LogP contribution < -0.4 is 5.32 Å². The molecule has 0 radical (unpaired) electrons. The number of amides is 1. The second kappa shape index (κ2) is 5.02. The molecule has 1 fully saturated rings. The van der Waals surface area contributed by atoms with Gasteiger partial charge in [-0.15, -0.1) is 6.42 Å². The summed E-state index contributed by atoms with van der Waals surface area (Å²) in [6.07, 6.45) is 8.42. The SMILES string of the molecule is C#CC(CCC)NC(=O)C1(C(=O)O)CCC1. The summed E-state index contributed by atoms with van der Waals surface area (Å²) in [5.74, 6) is 1.00. The molecule has 1 aliphatic carbocycles. The number of rotatable bonds is 5. The van der Waals surface area contributed by atoms with Gasteiger partial charge in [-0.3, -0.25) is 9.59 Å². The maximum absolute atomic E-state index is 11.8. The van der Waals surface area contributed by atoms with Crippen molar-refractivity contribution in [2.75, 3.05) is 0 Å². The minimum atomic E-state index is -1.22. The van der Waals surface area contributed by atoms with E-state index in [0.29, 0.717) is 19.3 Å². The highest BCUT2D eigenvalue weighted by molar-refractivity contribution is 6.03. The molecule has 4 nitrogen and oxygen atoms in total. The monoisotopic (exact) mass is 223 g/mol. The Hall–Kier alpha value is -1.50. The average molecular weight is 223 g/mol. The number of carboxylic acid groups (broad SMARTS) is 1. The summed E-state index contributed by atoms with van der Waals surface area (Å²) in [5, 5.41) is 11.7. The molecule has 0 aliphatic heterocycles. The van der Waals surface area contributed by atoms with Gasteiger partial charge in [-0.05, 0) is 19.3 Å². The van der Waals surface area contributed by atoms with Gasteiger partial charge in [0.25, 0.3) is 0 Å². The molecule has 0 aromatic heterocycles. The van der Waals surface area contributed by atoms with Gasteiger partial charge in [-0.2, -0.15) is 0 Å². The third-order valence-electron chi connectivity index (χ3n) is 3.13. The Morgan fingerprint density at radius 2 is 2.19 bits per heavy atom. The normalized spacial score (nSPS) is 19.0. The lowest BCUT2D eigenvalue weighted by atomic mass is 9.68. The zero-order chi connectivity index (χ0) is 12.2. The summed E-state index contributed by atoms with van der Waals surface area (Å²) in [4.78, 5) is 22.9. The predicted molar refractivity (Wildman–Crippen MR) is 59.6 cm³/mol. The summed E-state index contributed by atoms with van der Waals surface area (Å²) >= 11 is 0. The second-order valence-corrected chi connectivity index (χ2v) is 4.22. The van der Waals surface area contributed by atoms with Crippen molar-refractivity contribution in [1.29, 1.82) is 0 Å². The van der Waals surface area contributed by atoms with Crippen LogP contribution in [0.3, 0.4) is 0 Å². The fourth-order valence-corrected chi connectivity index (χ4v) is 1.85. The van der Waals surface area contributed by atoms with Gasteiger partial charge in [-0.1, -0.05) is 25.7 Å². The average Bonchev–Trinajstić information content (AvgIpc) is 2.14. The van der Waals surface area contributed by atoms with Crippen molar-refractivity contribution in [3.63, 3.8) is 0 Å². The van der Waals surface area contributed by atoms with E-state index in [-0.39, 0.29) is 6.04 Å². The summed E-state index contributed by atoms with van der Waals surface area (Å²) in [6.45, 7) is 1.97. The first-order valence-electron chi connectivity index (χ1n) is 5.57. The summed E-state index contributed by atoms with van der Waals surface area (Å²) in [6, 6.07) is -0.352. The van der Waals surface area contributed by atoms with E-state index >= 15 is 0 Å². The largest absolute Gasteiger partial charge is 0.480 e. The third kappa shape index (κ3) is 2.19. The Morgan fingerprint density at radius 3 is 2.50 bits per heavy atom. The van der Waals surface area contributed by atoms with Crippen LogP contribution in [-0.2, 0) is 9.59 Å². The molecule has 1 rings (SSSR count). The molecule has 0 aromatic rings. The maximum Gasteiger partial charge on any atom is 0.319 e. The van der Waals surface area contributed by atoms with Crippen LogP contribution in [0, 0.1) is 17.8 Å². The molecule has 1 unspecified atom stereocenters. The number of carbonyl (C=O) groups is 2. The van der Waals surface area contributed by atoms with Crippen LogP contribution in [0.2, 0.25) is 0 Å². The van der Waals surface area contributed by atoms with Crippen molar-refractivity contribution >= 4 is 11.9 Å². The van der Waals surface area contributed by atoms with E-state index in [2.05, 4.69) is 11.2 Å². The number of nitrogens with one attached hydrogen (secondary N) is 1. The highest BCUT2D eigenvalue weighted by Gasteiger charge is 2.51. The molecule has 2 N–H and O–H groups in total. The Morgan fingerprint density at radius 1 is 1.56 bits per heavy atom. The van der Waals surface area contributed by atoms with E-state index in [0.717, 1.165) is 12.8 Å². The Labute approximate surface area is 95.4 Å². The van der Waals surface area contributed by atoms with Crippen LogP contribution >= 0.6 is 0 Å². The van der Waals surface area contributed by atoms with Crippen LogP contribution in [0.25, 0.3) is 0 Å². The fourth-order valence-electron chi connectivity index (χ4n) is 1.85. The van der Waals surface area contributed by atoms with Crippen molar-refractivity contribution < 1.29 is 14.7 Å². The lowest BCUT2D eigenvalue weighted by Crippen LogP contribution is -2.53. The lowest BCUT2D eigenvalue weighted by molar-refractivity contribution is -0.162. The predicted octanol–water partition coefficient (Wildman–Crippen LogP) is 1.16. The van der Waals surface area contributed by atoms with E-state index in [4.69, 9.17) is 11.5 Å². The van der Waals surface area contributed by atoms with Crippen molar-refractivity contribution in [2.45, 2.75) is 45.1 Å². The number of terminal acetylenes is 1. The maximum atomic E-state index is 11.8. The van der Waals surface area contributed by atoms with E-state index in [1.807, 2.05) is 6.92 Å². The van der Waals surface area contributed by atoms with Crippen LogP contribution in [0.4, 0.5) is 0 Å². The molecule has 4 heteroatoms. The van der Waals surface area contributed by atoms with E-state index in [1.54, 1.807) is 0 Å². The Balaban J connectivity index is 2.64. The quantitative estimate of drug-likeness (QED) is 0.543. The minimum absolute atomic E-state index is 0.352. The first-order chi connectivity index (χ1) is 7.56. The first-order valence-corrected chi connectivity index (χ1v) is 5.57. The van der Waals surface area contributed by atoms with Crippen LogP contribution in [0.15, 0.2) is 0 Å². The molecule has 1 amide bonds. The number of carboxylic acids is 1. The van der Waals surface area contributed by atoms with Gasteiger partial charge in [0.15, 0.2) is 0 Å². The standard InChI is InChI=1S/C12H17NO3/c1-3-6-9(4-2)13-10(14)12(11(15)16)7-5-8-12/h2,9H,3,5-8H2,1H3,(H,13,14)(H,15,16). The first kappa shape index (κ1) is 12.6. The molecule has 0 saturated heterocycles. The summed E-state index contributed by atoms with van der Waals surface area (Å²) in [7, 11) is 0. The highest BCUT2D eigenvalue weighted by atomic mass is 16.4. The Bertz CT molecular complexity index is 326. The molecule has 16 heavy (non-hydrogen) atoms. The topological polar surface area (TPSA) is 66.4 Å². The number of hydrogen-bond donors (Lipinski definition) is 2. The molecule has 0 spiro atoms. The molecule has 1 saturated carbocycles. The number of aliphatic carboxylic acids is 1. The van der Waals surface area contributed by atoms with Crippen LogP contribution in [0.5, 0.6) is 0 Å². The van der Waals surface area contributed by atoms with Gasteiger partial charge in [0.1, 0.15) is 5.41 Å². The lowest BCUT2D eigenvalue weighted by Gasteiger charge is -2.36. The van der Waals surface area contributed by atoms with Crippen molar-refractivity contribution in [3.8, 4) is 12.3 Å². The molecule has 0 bridgehead atoms. The van der Waals surface area contributed by atoms with E-state index in [9.17, 15) is 9.59 Å². The molecule has 1 atom stereocenters. The zero-order valence-corrected chi connectivity index (χ0v) is 9.45. The minimum Gasteiger partial charge on any atom is -0.480 e. The van der Waals surface area contributed by atoms with Crippen molar-refractivity contribution in [3.05, 3.63) is 0 Å². The van der Waals surface area contributed by atoms with E-state index < -0.39 is 17.3 Å². The van der Waals surface area contributed by atoms with Crippen molar-refractivity contribution in [1.82, 2.24) is 5.32 Å². The van der Waals surface area contributed by atoms with Gasteiger partial charge >= 0.3 is 5.97 Å². The van der Waals surface area contributed by atoms with Gasteiger partial charge in [-0.25, -0.2) is 0 Å². The molecule has 0 heterocycles. The molecule has 88 valence electrons. The third-order valence-corrected chi connectivity index (χ3v) is 3.13.